The lowest BCUT2D eigenvalue weighted by molar-refractivity contribution is -0.384. The average molecular weight is 464 g/mol. The smallest absolute Gasteiger partial charge is 0.416 e. The molecule has 11 heteroatoms. The van der Waals surface area contributed by atoms with Crippen molar-refractivity contribution < 1.29 is 32.0 Å². The third-order valence-electron chi connectivity index (χ3n) is 5.13. The molecule has 0 aliphatic carbocycles. The molecule has 0 amide bonds. The number of nitrogens with zero attached hydrogens (tertiary/aromatic N) is 1. The van der Waals surface area contributed by atoms with E-state index in [4.69, 9.17) is 9.15 Å². The number of benzene rings is 2. The number of halogens is 3. The Morgan fingerprint density at radius 3 is 2.55 bits per heavy atom. The molecular formula is C22H19F3N2O6. The summed E-state index contributed by atoms with van der Waals surface area (Å²) in [5.74, 6) is -0.825. The van der Waals surface area contributed by atoms with Crippen LogP contribution in [-0.2, 0) is 22.3 Å². The molecule has 1 N–H and O–H groups in total. The van der Waals surface area contributed by atoms with Crippen molar-refractivity contribution in [1.29, 1.82) is 0 Å². The predicted octanol–water partition coefficient (Wildman–Crippen LogP) is 4.88. The van der Waals surface area contributed by atoms with Gasteiger partial charge in [-0.3, -0.25) is 10.1 Å². The Morgan fingerprint density at radius 2 is 1.91 bits per heavy atom. The molecular weight excluding hydrogens is 445 g/mol. The fourth-order valence-corrected chi connectivity index (χ4v) is 3.19. The van der Waals surface area contributed by atoms with Crippen molar-refractivity contribution in [2.75, 3.05) is 5.32 Å². The monoisotopic (exact) mass is 464 g/mol. The quantitative estimate of drug-likeness (QED) is 0.239. The van der Waals surface area contributed by atoms with Crippen LogP contribution >= 0.6 is 0 Å². The molecule has 33 heavy (non-hydrogen) atoms. The van der Waals surface area contributed by atoms with Gasteiger partial charge in [0.05, 0.1) is 10.5 Å². The molecule has 0 spiro atoms. The molecule has 3 aromatic rings. The highest BCUT2D eigenvalue weighted by molar-refractivity contribution is 5.84. The highest BCUT2D eigenvalue weighted by Gasteiger charge is 2.33. The maximum Gasteiger partial charge on any atom is 0.416 e. The van der Waals surface area contributed by atoms with Crippen molar-refractivity contribution in [1.82, 2.24) is 0 Å². The molecule has 1 atom stereocenters. The summed E-state index contributed by atoms with van der Waals surface area (Å²) in [7, 11) is 0. The number of ether oxygens (including phenoxy) is 1. The maximum atomic E-state index is 12.9. The number of nitrogens with one attached hydrogen (secondary N) is 1. The lowest BCUT2D eigenvalue weighted by Crippen LogP contribution is -2.28. The number of anilines is 1. The van der Waals surface area contributed by atoms with Gasteiger partial charge in [-0.1, -0.05) is 12.1 Å². The van der Waals surface area contributed by atoms with E-state index >= 15 is 0 Å². The first-order valence-electron chi connectivity index (χ1n) is 9.70. The number of carbonyl (C=O) groups is 1. The van der Waals surface area contributed by atoms with E-state index in [1.54, 1.807) is 13.0 Å². The third kappa shape index (κ3) is 5.13. The molecule has 0 bridgehead atoms. The molecule has 1 unspecified atom stereocenters. The summed E-state index contributed by atoms with van der Waals surface area (Å²) in [5.41, 5.74) is -0.441. The van der Waals surface area contributed by atoms with E-state index in [1.165, 1.54) is 13.0 Å². The van der Waals surface area contributed by atoms with Gasteiger partial charge in [0.25, 0.3) is 5.69 Å². The van der Waals surface area contributed by atoms with Crippen LogP contribution in [0.1, 0.15) is 29.2 Å². The molecule has 174 valence electrons. The molecule has 0 aliphatic heterocycles. The summed E-state index contributed by atoms with van der Waals surface area (Å²) in [5, 5.41) is 14.3. The lowest BCUT2D eigenvalue weighted by Gasteiger charge is -2.16. The summed E-state index contributed by atoms with van der Waals surface area (Å²) in [6.07, 6.45) is -4.75. The number of fused-ring (bicyclic) bond motifs is 1. The second kappa shape index (κ2) is 8.93. The number of carbonyl (C=O) groups excluding carboxylic acids is 1. The first-order valence-corrected chi connectivity index (χ1v) is 9.70. The highest BCUT2D eigenvalue weighted by atomic mass is 19.4. The Balaban J connectivity index is 1.78. The lowest BCUT2D eigenvalue weighted by atomic mass is 10.0. The zero-order valence-electron chi connectivity index (χ0n) is 17.8. The molecule has 0 saturated carbocycles. The van der Waals surface area contributed by atoms with E-state index in [9.17, 15) is 32.9 Å². The van der Waals surface area contributed by atoms with Gasteiger partial charge in [0, 0.05) is 23.1 Å². The van der Waals surface area contributed by atoms with Crippen LogP contribution in [0.25, 0.3) is 11.0 Å². The summed E-state index contributed by atoms with van der Waals surface area (Å²) >= 11 is 0. The van der Waals surface area contributed by atoms with Gasteiger partial charge in [0.2, 0.25) is 0 Å². The van der Waals surface area contributed by atoms with Gasteiger partial charge >= 0.3 is 17.8 Å². The van der Waals surface area contributed by atoms with Crippen molar-refractivity contribution >= 4 is 28.3 Å². The van der Waals surface area contributed by atoms with Crippen LogP contribution in [0.2, 0.25) is 0 Å². The second-order valence-corrected chi connectivity index (χ2v) is 7.44. The van der Waals surface area contributed by atoms with Crippen molar-refractivity contribution in [3.05, 3.63) is 79.2 Å². The number of nitro groups is 1. The van der Waals surface area contributed by atoms with Gasteiger partial charge in [-0.15, -0.1) is 0 Å². The van der Waals surface area contributed by atoms with Crippen molar-refractivity contribution in [2.24, 2.45) is 0 Å². The van der Waals surface area contributed by atoms with Gasteiger partial charge in [-0.25, -0.2) is 9.59 Å². The Labute approximate surface area is 185 Å². The maximum absolute atomic E-state index is 12.9. The Bertz CT molecular complexity index is 1300. The number of esters is 1. The largest absolute Gasteiger partial charge is 0.459 e. The summed E-state index contributed by atoms with van der Waals surface area (Å²) < 4.78 is 49.1. The number of hydrogen-bond acceptors (Lipinski definition) is 7. The minimum atomic E-state index is -4.75. The average Bonchev–Trinajstić information content (AvgIpc) is 2.73. The number of rotatable bonds is 6. The van der Waals surface area contributed by atoms with E-state index in [2.05, 4.69) is 5.32 Å². The minimum absolute atomic E-state index is 0.269. The standard InChI is InChI=1S/C22H19F3N2O6/c1-11-4-6-16-14(8-19(28)33-20(16)12(11)2)10-32-21(29)13(3)26-17-7-5-15(22(23,24)25)9-18(17)27(30)31/h4-9,13,26H,10H2,1-3H3. The van der Waals surface area contributed by atoms with Gasteiger partial charge in [0.15, 0.2) is 0 Å². The zero-order valence-corrected chi connectivity index (χ0v) is 17.8. The summed E-state index contributed by atoms with van der Waals surface area (Å²) in [6, 6.07) is 5.58. The minimum Gasteiger partial charge on any atom is -0.459 e. The molecule has 3 rings (SSSR count). The Hall–Kier alpha value is -3.89. The van der Waals surface area contributed by atoms with Crippen molar-refractivity contribution in [2.45, 2.75) is 39.6 Å². The van der Waals surface area contributed by atoms with Crippen LogP contribution < -0.4 is 10.9 Å². The number of hydrogen-bond donors (Lipinski definition) is 1. The van der Waals surface area contributed by atoms with Gasteiger partial charge in [-0.2, -0.15) is 13.2 Å². The highest BCUT2D eigenvalue weighted by Crippen LogP contribution is 2.35. The van der Waals surface area contributed by atoms with Crippen LogP contribution in [0.5, 0.6) is 0 Å². The fourth-order valence-electron chi connectivity index (χ4n) is 3.19. The number of nitro benzene ring substituents is 1. The van der Waals surface area contributed by atoms with Crippen molar-refractivity contribution in [3.63, 3.8) is 0 Å². The van der Waals surface area contributed by atoms with E-state index in [0.717, 1.165) is 17.2 Å². The Morgan fingerprint density at radius 1 is 1.21 bits per heavy atom. The molecule has 0 aliphatic rings. The molecule has 2 aromatic carbocycles. The van der Waals surface area contributed by atoms with E-state index in [1.807, 2.05) is 13.0 Å². The summed E-state index contributed by atoms with van der Waals surface area (Å²) in [6.45, 7) is 4.72. The fraction of sp³-hybridized carbons (Fsp3) is 0.273. The predicted molar refractivity (Wildman–Crippen MR) is 113 cm³/mol. The van der Waals surface area contributed by atoms with Crippen LogP contribution in [-0.4, -0.2) is 16.9 Å². The molecule has 1 aromatic heterocycles. The Kier molecular flexibility index (Phi) is 6.43. The SMILES string of the molecule is Cc1ccc2c(COC(=O)C(C)Nc3ccc(C(F)(F)F)cc3[N+](=O)[O-])cc(=O)oc2c1C. The number of alkyl halides is 3. The third-order valence-corrected chi connectivity index (χ3v) is 5.13. The second-order valence-electron chi connectivity index (χ2n) is 7.44. The number of aryl methyl sites for hydroxylation is 2. The van der Waals surface area contributed by atoms with Gasteiger partial charge in [-0.05, 0) is 44.0 Å². The van der Waals surface area contributed by atoms with E-state index < -0.39 is 40.0 Å². The van der Waals surface area contributed by atoms with Gasteiger partial charge < -0.3 is 14.5 Å². The first-order chi connectivity index (χ1) is 15.4. The molecule has 0 fully saturated rings. The molecule has 0 saturated heterocycles. The zero-order chi connectivity index (χ0) is 24.5. The van der Waals surface area contributed by atoms with Crippen LogP contribution in [0.4, 0.5) is 24.5 Å². The van der Waals surface area contributed by atoms with E-state index in [0.29, 0.717) is 28.7 Å². The van der Waals surface area contributed by atoms with Crippen molar-refractivity contribution in [3.8, 4) is 0 Å². The topological polar surface area (TPSA) is 112 Å². The summed E-state index contributed by atoms with van der Waals surface area (Å²) in [4.78, 5) is 34.6. The molecule has 0 radical (unpaired) electrons. The molecule has 8 nitrogen and oxygen atoms in total. The van der Waals surface area contributed by atoms with Gasteiger partial charge in [0.1, 0.15) is 23.9 Å². The van der Waals surface area contributed by atoms with E-state index in [-0.39, 0.29) is 12.3 Å². The van der Waals surface area contributed by atoms with Crippen LogP contribution in [0.3, 0.4) is 0 Å². The normalized spacial score (nSPS) is 12.4. The van der Waals surface area contributed by atoms with Crippen LogP contribution in [0.15, 0.2) is 45.6 Å². The van der Waals surface area contributed by atoms with Crippen LogP contribution in [0, 0.1) is 24.0 Å². The molecule has 1 heterocycles. The first kappa shape index (κ1) is 23.8.